The van der Waals surface area contributed by atoms with Crippen LogP contribution in [-0.2, 0) is 0 Å². The number of rotatable bonds is 4. The van der Waals surface area contributed by atoms with E-state index < -0.39 is 0 Å². The number of benzene rings is 3. The lowest BCUT2D eigenvalue weighted by Gasteiger charge is -2.14. The molecule has 0 aliphatic heterocycles. The van der Waals surface area contributed by atoms with Crippen LogP contribution in [0.5, 0.6) is 0 Å². The summed E-state index contributed by atoms with van der Waals surface area (Å²) in [6, 6.07) is 26.3. The van der Waals surface area contributed by atoms with Gasteiger partial charge in [0.25, 0.3) is 0 Å². The Morgan fingerprint density at radius 3 is 2.17 bits per heavy atom. The second-order valence-corrected chi connectivity index (χ2v) is 7.62. The van der Waals surface area contributed by atoms with Crippen molar-refractivity contribution < 1.29 is 0 Å². The maximum atomic E-state index is 4.87. The fourth-order valence-electron chi connectivity index (χ4n) is 3.13. The maximum Gasteiger partial charge on any atom is 0.220 e. The van der Waals surface area contributed by atoms with E-state index in [0.717, 1.165) is 27.9 Å². The minimum atomic E-state index is 0.321. The van der Waals surface area contributed by atoms with Gasteiger partial charge in [0.1, 0.15) is 0 Å². The summed E-state index contributed by atoms with van der Waals surface area (Å²) in [5.41, 5.74) is 5.15. The summed E-state index contributed by atoms with van der Waals surface area (Å²) in [6.07, 6.45) is 0. The Hall–Kier alpha value is -3.12. The van der Waals surface area contributed by atoms with E-state index in [1.54, 1.807) is 0 Å². The van der Waals surface area contributed by atoms with E-state index in [1.165, 1.54) is 4.80 Å². The van der Waals surface area contributed by atoms with Gasteiger partial charge >= 0.3 is 0 Å². The molecule has 0 unspecified atom stereocenters. The lowest BCUT2D eigenvalue weighted by Crippen LogP contribution is -2.08. The second kappa shape index (κ2) is 8.49. The van der Waals surface area contributed by atoms with E-state index >= 15 is 0 Å². The first-order chi connectivity index (χ1) is 14.1. The van der Waals surface area contributed by atoms with Crippen LogP contribution in [0.3, 0.4) is 0 Å². The summed E-state index contributed by atoms with van der Waals surface area (Å²) < 4.78 is 0.484. The molecular formula is C23H20BrN5. The van der Waals surface area contributed by atoms with Crippen molar-refractivity contribution >= 4 is 26.4 Å². The van der Waals surface area contributed by atoms with E-state index in [4.69, 9.17) is 4.99 Å². The molecule has 0 atom stereocenters. The molecule has 0 saturated carbocycles. The van der Waals surface area contributed by atoms with Crippen molar-refractivity contribution in [2.75, 3.05) is 0 Å². The second-order valence-electron chi connectivity index (χ2n) is 6.91. The summed E-state index contributed by atoms with van der Waals surface area (Å²) in [5, 5.41) is 12.8. The topological polar surface area (TPSA) is 56.0 Å². The van der Waals surface area contributed by atoms with Gasteiger partial charge in [-0.1, -0.05) is 92.7 Å². The average molecular weight is 446 g/mol. The molecule has 29 heavy (non-hydrogen) atoms. The van der Waals surface area contributed by atoms with Crippen molar-refractivity contribution in [2.45, 2.75) is 19.8 Å². The van der Waals surface area contributed by atoms with Crippen LogP contribution in [0.15, 0.2) is 83.9 Å². The number of hydrogen-bond donors (Lipinski definition) is 0. The van der Waals surface area contributed by atoms with Gasteiger partial charge in [-0.25, -0.2) is 4.99 Å². The van der Waals surface area contributed by atoms with Gasteiger partial charge in [0.05, 0.1) is 5.69 Å². The van der Waals surface area contributed by atoms with Crippen LogP contribution in [0, 0.1) is 0 Å². The molecule has 0 aliphatic carbocycles. The maximum absolute atomic E-state index is 4.87. The zero-order valence-corrected chi connectivity index (χ0v) is 17.8. The van der Waals surface area contributed by atoms with Gasteiger partial charge in [0, 0.05) is 11.1 Å². The van der Waals surface area contributed by atoms with Gasteiger partial charge in [-0.05, 0) is 38.2 Å². The zero-order valence-electron chi connectivity index (χ0n) is 16.2. The van der Waals surface area contributed by atoms with Gasteiger partial charge in [0.15, 0.2) is 0 Å². The van der Waals surface area contributed by atoms with Crippen LogP contribution in [-0.4, -0.2) is 25.0 Å². The Labute approximate surface area is 178 Å². The number of tetrazole rings is 1. The molecule has 0 spiro atoms. The third kappa shape index (κ3) is 4.17. The SMILES string of the molecule is CC(C)c1cccc(-c2ccccc2)c1N=C(Br)n1nnc(-c2ccccc2)n1. The van der Waals surface area contributed by atoms with Gasteiger partial charge in [0.2, 0.25) is 10.6 Å². The standard InChI is InChI=1S/C23H20BrN5/c1-16(2)19-14-9-15-20(17-10-5-3-6-11-17)21(19)25-23(24)29-27-22(26-28-29)18-12-7-4-8-13-18/h3-16H,1-2H3. The molecule has 4 rings (SSSR count). The van der Waals surface area contributed by atoms with Crippen molar-refractivity contribution in [3.05, 3.63) is 84.4 Å². The molecule has 6 heteroatoms. The predicted molar refractivity (Wildman–Crippen MR) is 121 cm³/mol. The minimum absolute atomic E-state index is 0.321. The highest BCUT2D eigenvalue weighted by molar-refractivity contribution is 9.18. The molecule has 5 nitrogen and oxygen atoms in total. The first-order valence-electron chi connectivity index (χ1n) is 9.42. The summed E-state index contributed by atoms with van der Waals surface area (Å²) in [7, 11) is 0. The molecule has 144 valence electrons. The number of halogens is 1. The molecule has 3 aromatic carbocycles. The fourth-order valence-corrected chi connectivity index (χ4v) is 3.46. The Balaban J connectivity index is 1.78. The van der Waals surface area contributed by atoms with Crippen molar-refractivity contribution in [2.24, 2.45) is 4.99 Å². The summed E-state index contributed by atoms with van der Waals surface area (Å²) in [6.45, 7) is 4.33. The van der Waals surface area contributed by atoms with E-state index in [9.17, 15) is 0 Å². The third-order valence-electron chi connectivity index (χ3n) is 4.59. The third-order valence-corrected chi connectivity index (χ3v) is 5.08. The zero-order chi connectivity index (χ0) is 20.2. The molecular weight excluding hydrogens is 426 g/mol. The normalized spacial score (nSPS) is 11.8. The highest BCUT2D eigenvalue weighted by atomic mass is 79.9. The number of aliphatic imine (C=N–C) groups is 1. The summed E-state index contributed by atoms with van der Waals surface area (Å²) >= 11 is 3.55. The van der Waals surface area contributed by atoms with Crippen LogP contribution < -0.4 is 0 Å². The average Bonchev–Trinajstić information content (AvgIpc) is 3.25. The summed E-state index contributed by atoms with van der Waals surface area (Å²) in [5.74, 6) is 0.875. The number of hydrogen-bond acceptors (Lipinski definition) is 4. The highest BCUT2D eigenvalue weighted by Gasteiger charge is 2.15. The highest BCUT2D eigenvalue weighted by Crippen LogP contribution is 2.37. The number of aromatic nitrogens is 4. The van der Waals surface area contributed by atoms with Gasteiger partial charge < -0.3 is 0 Å². The van der Waals surface area contributed by atoms with Gasteiger partial charge in [-0.2, -0.15) is 0 Å². The van der Waals surface area contributed by atoms with Gasteiger partial charge in [-0.3, -0.25) is 0 Å². The molecule has 0 fully saturated rings. The molecule has 4 aromatic rings. The van der Waals surface area contributed by atoms with Crippen molar-refractivity contribution in [3.8, 4) is 22.5 Å². The van der Waals surface area contributed by atoms with Crippen molar-refractivity contribution in [1.29, 1.82) is 0 Å². The molecule has 0 aliphatic rings. The first-order valence-corrected chi connectivity index (χ1v) is 10.2. The Morgan fingerprint density at radius 2 is 1.52 bits per heavy atom. The molecule has 0 amide bonds. The fraction of sp³-hybridized carbons (Fsp3) is 0.130. The van der Waals surface area contributed by atoms with E-state index in [0.29, 0.717) is 16.5 Å². The Kier molecular flexibility index (Phi) is 5.62. The van der Waals surface area contributed by atoms with Crippen LogP contribution in [0.1, 0.15) is 25.3 Å². The van der Waals surface area contributed by atoms with Crippen molar-refractivity contribution in [3.63, 3.8) is 0 Å². The Morgan fingerprint density at radius 1 is 0.862 bits per heavy atom. The van der Waals surface area contributed by atoms with Crippen LogP contribution in [0.4, 0.5) is 5.69 Å². The Bertz CT molecular complexity index is 1130. The van der Waals surface area contributed by atoms with E-state index in [2.05, 4.69) is 75.5 Å². The first kappa shape index (κ1) is 19.2. The largest absolute Gasteiger partial charge is 0.220 e. The molecule has 0 N–H and O–H groups in total. The summed E-state index contributed by atoms with van der Waals surface area (Å²) in [4.78, 5) is 6.28. The molecule has 0 saturated heterocycles. The van der Waals surface area contributed by atoms with E-state index in [-0.39, 0.29) is 0 Å². The molecule has 1 aromatic heterocycles. The van der Waals surface area contributed by atoms with Gasteiger partial charge in [-0.15, -0.1) is 15.0 Å². The van der Waals surface area contributed by atoms with E-state index in [1.807, 2.05) is 48.5 Å². The number of para-hydroxylation sites is 1. The monoisotopic (exact) mass is 445 g/mol. The van der Waals surface area contributed by atoms with Crippen LogP contribution >= 0.6 is 15.9 Å². The van der Waals surface area contributed by atoms with Crippen LogP contribution in [0.2, 0.25) is 0 Å². The molecule has 1 heterocycles. The quantitative estimate of drug-likeness (QED) is 0.283. The van der Waals surface area contributed by atoms with Crippen LogP contribution in [0.25, 0.3) is 22.5 Å². The smallest absolute Gasteiger partial charge is 0.220 e. The number of nitrogens with zero attached hydrogens (tertiary/aromatic N) is 5. The predicted octanol–water partition coefficient (Wildman–Crippen LogP) is 6.06. The minimum Gasteiger partial charge on any atom is -0.220 e. The lowest BCUT2D eigenvalue weighted by atomic mass is 9.94. The van der Waals surface area contributed by atoms with Crippen molar-refractivity contribution in [1.82, 2.24) is 20.2 Å². The molecule has 0 bridgehead atoms. The molecule has 0 radical (unpaired) electrons. The lowest BCUT2D eigenvalue weighted by molar-refractivity contribution is 0.772.